The van der Waals surface area contributed by atoms with Crippen molar-refractivity contribution in [2.45, 2.75) is 25.4 Å². The largest absolute Gasteiger partial charge is 0.388 e. The number of aryl methyl sites for hydroxylation is 1. The monoisotopic (exact) mass is 301 g/mol. The van der Waals surface area contributed by atoms with E-state index in [-0.39, 0.29) is 11.7 Å². The summed E-state index contributed by atoms with van der Waals surface area (Å²) in [6, 6.07) is 15.6. The average Bonchev–Trinajstić information content (AvgIpc) is 2.54. The van der Waals surface area contributed by atoms with E-state index in [0.717, 1.165) is 11.1 Å². The summed E-state index contributed by atoms with van der Waals surface area (Å²) in [6.45, 7) is 0.415. The van der Waals surface area contributed by atoms with Crippen molar-refractivity contribution in [3.8, 4) is 0 Å². The van der Waals surface area contributed by atoms with E-state index in [1.54, 1.807) is 12.1 Å². The molecule has 116 valence electrons. The first kappa shape index (κ1) is 16.2. The number of hydrogen-bond acceptors (Lipinski definition) is 2. The molecule has 0 aliphatic carbocycles. The van der Waals surface area contributed by atoms with Crippen LogP contribution in [0, 0.1) is 5.82 Å². The summed E-state index contributed by atoms with van der Waals surface area (Å²) in [5.74, 6) is -0.381. The van der Waals surface area contributed by atoms with E-state index in [2.05, 4.69) is 5.32 Å². The normalized spacial score (nSPS) is 11.9. The maximum atomic E-state index is 13.0. The van der Waals surface area contributed by atoms with Crippen molar-refractivity contribution in [1.29, 1.82) is 0 Å². The van der Waals surface area contributed by atoms with Crippen molar-refractivity contribution in [3.63, 3.8) is 0 Å². The fourth-order valence-electron chi connectivity index (χ4n) is 2.23. The van der Waals surface area contributed by atoms with Crippen LogP contribution in [0.3, 0.4) is 0 Å². The molecule has 2 rings (SSSR count). The number of nitrogens with one attached hydrogen (secondary N) is 1. The third-order valence-corrected chi connectivity index (χ3v) is 3.45. The minimum atomic E-state index is -0.579. The summed E-state index contributed by atoms with van der Waals surface area (Å²) in [5.41, 5.74) is 1.65. The third kappa shape index (κ3) is 5.30. The van der Waals surface area contributed by atoms with Crippen LogP contribution in [-0.2, 0) is 11.2 Å². The molecule has 0 fully saturated rings. The Labute approximate surface area is 129 Å². The van der Waals surface area contributed by atoms with Crippen molar-refractivity contribution < 1.29 is 14.3 Å². The highest BCUT2D eigenvalue weighted by Gasteiger charge is 2.08. The van der Waals surface area contributed by atoms with Gasteiger partial charge in [0.25, 0.3) is 0 Å². The summed E-state index contributed by atoms with van der Waals surface area (Å²) in [4.78, 5) is 11.7. The van der Waals surface area contributed by atoms with Crippen LogP contribution in [0.25, 0.3) is 0 Å². The molecule has 1 amide bonds. The molecule has 1 unspecified atom stereocenters. The Kier molecular flexibility index (Phi) is 6.10. The van der Waals surface area contributed by atoms with Crippen molar-refractivity contribution in [2.24, 2.45) is 0 Å². The van der Waals surface area contributed by atoms with Crippen LogP contribution < -0.4 is 5.32 Å². The van der Waals surface area contributed by atoms with Crippen LogP contribution in [0.2, 0.25) is 0 Å². The zero-order chi connectivity index (χ0) is 15.8. The Bertz CT molecular complexity index is 601. The van der Waals surface area contributed by atoms with Gasteiger partial charge in [-0.15, -0.1) is 0 Å². The Morgan fingerprint density at radius 3 is 2.64 bits per heavy atom. The number of aliphatic hydroxyl groups excluding tert-OH is 1. The molecule has 0 heterocycles. The van der Waals surface area contributed by atoms with Gasteiger partial charge >= 0.3 is 0 Å². The second-order valence-corrected chi connectivity index (χ2v) is 5.20. The van der Waals surface area contributed by atoms with Crippen molar-refractivity contribution in [3.05, 3.63) is 71.5 Å². The van der Waals surface area contributed by atoms with Crippen LogP contribution in [0.1, 0.15) is 30.1 Å². The Morgan fingerprint density at radius 2 is 1.91 bits per heavy atom. The molecule has 0 saturated carbocycles. The van der Waals surface area contributed by atoms with E-state index in [0.29, 0.717) is 25.8 Å². The molecular weight excluding hydrogens is 281 g/mol. The first-order chi connectivity index (χ1) is 10.6. The lowest BCUT2D eigenvalue weighted by molar-refractivity contribution is -0.121. The first-order valence-corrected chi connectivity index (χ1v) is 7.39. The van der Waals surface area contributed by atoms with Gasteiger partial charge in [-0.3, -0.25) is 4.79 Å². The minimum Gasteiger partial charge on any atom is -0.388 e. The molecule has 2 aromatic rings. The zero-order valence-electron chi connectivity index (χ0n) is 12.3. The smallest absolute Gasteiger partial charge is 0.220 e. The standard InChI is InChI=1S/C18H20FNO2/c19-16-8-4-5-14(13-16)9-10-18(22)20-12-11-17(21)15-6-2-1-3-7-15/h1-8,13,17,21H,9-12H2,(H,20,22). The molecule has 2 N–H and O–H groups in total. The fourth-order valence-corrected chi connectivity index (χ4v) is 2.23. The Hall–Kier alpha value is -2.20. The van der Waals surface area contributed by atoms with E-state index in [9.17, 15) is 14.3 Å². The summed E-state index contributed by atoms with van der Waals surface area (Å²) < 4.78 is 13.0. The lowest BCUT2D eigenvalue weighted by atomic mass is 10.1. The van der Waals surface area contributed by atoms with Gasteiger partial charge in [-0.25, -0.2) is 4.39 Å². The van der Waals surface area contributed by atoms with Crippen molar-refractivity contribution in [1.82, 2.24) is 5.32 Å². The van der Waals surface area contributed by atoms with Gasteiger partial charge in [0, 0.05) is 13.0 Å². The molecule has 1 atom stereocenters. The number of rotatable bonds is 7. The lowest BCUT2D eigenvalue weighted by Gasteiger charge is -2.11. The highest BCUT2D eigenvalue weighted by atomic mass is 19.1. The average molecular weight is 301 g/mol. The number of amides is 1. The number of halogens is 1. The summed E-state index contributed by atoms with van der Waals surface area (Å²) in [6.07, 6.45) is 0.704. The van der Waals surface area contributed by atoms with E-state index in [1.807, 2.05) is 30.3 Å². The molecular formula is C18H20FNO2. The van der Waals surface area contributed by atoms with Gasteiger partial charge < -0.3 is 10.4 Å². The van der Waals surface area contributed by atoms with E-state index >= 15 is 0 Å². The van der Waals surface area contributed by atoms with Crippen molar-refractivity contribution in [2.75, 3.05) is 6.54 Å². The molecule has 0 aliphatic rings. The van der Waals surface area contributed by atoms with Gasteiger partial charge in [0.2, 0.25) is 5.91 Å². The molecule has 0 radical (unpaired) electrons. The van der Waals surface area contributed by atoms with Gasteiger partial charge in [-0.2, -0.15) is 0 Å². The summed E-state index contributed by atoms with van der Waals surface area (Å²) in [5, 5.41) is 12.8. The molecule has 2 aromatic carbocycles. The van der Waals surface area contributed by atoms with E-state index < -0.39 is 6.10 Å². The molecule has 0 saturated heterocycles. The van der Waals surface area contributed by atoms with Gasteiger partial charge in [0.05, 0.1) is 6.10 Å². The minimum absolute atomic E-state index is 0.0930. The van der Waals surface area contributed by atoms with Crippen LogP contribution in [0.5, 0.6) is 0 Å². The highest BCUT2D eigenvalue weighted by Crippen LogP contribution is 2.14. The molecule has 4 heteroatoms. The summed E-state index contributed by atoms with van der Waals surface area (Å²) >= 11 is 0. The highest BCUT2D eigenvalue weighted by molar-refractivity contribution is 5.76. The molecule has 0 bridgehead atoms. The Morgan fingerprint density at radius 1 is 1.14 bits per heavy atom. The first-order valence-electron chi connectivity index (χ1n) is 7.39. The molecule has 0 aromatic heterocycles. The van der Waals surface area contributed by atoms with Crippen molar-refractivity contribution >= 4 is 5.91 Å². The second kappa shape index (κ2) is 8.29. The number of hydrogen-bond donors (Lipinski definition) is 2. The Balaban J connectivity index is 1.68. The van der Waals surface area contributed by atoms with E-state index in [4.69, 9.17) is 0 Å². The van der Waals surface area contributed by atoms with Crippen LogP contribution >= 0.6 is 0 Å². The third-order valence-electron chi connectivity index (χ3n) is 3.45. The van der Waals surface area contributed by atoms with Gasteiger partial charge in [-0.05, 0) is 36.1 Å². The molecule has 0 aliphatic heterocycles. The topological polar surface area (TPSA) is 49.3 Å². The quantitative estimate of drug-likeness (QED) is 0.826. The number of carbonyl (C=O) groups is 1. The maximum absolute atomic E-state index is 13.0. The van der Waals surface area contributed by atoms with Crippen LogP contribution in [-0.4, -0.2) is 17.6 Å². The van der Waals surface area contributed by atoms with Gasteiger partial charge in [0.1, 0.15) is 5.82 Å². The predicted octanol–water partition coefficient (Wildman–Crippen LogP) is 3.00. The van der Waals surface area contributed by atoms with Gasteiger partial charge in [-0.1, -0.05) is 42.5 Å². The predicted molar refractivity (Wildman–Crippen MR) is 83.7 cm³/mol. The molecule has 22 heavy (non-hydrogen) atoms. The second-order valence-electron chi connectivity index (χ2n) is 5.20. The number of aliphatic hydroxyl groups is 1. The SMILES string of the molecule is O=C(CCc1cccc(F)c1)NCCC(O)c1ccccc1. The maximum Gasteiger partial charge on any atom is 0.220 e. The number of benzene rings is 2. The van der Waals surface area contributed by atoms with Crippen LogP contribution in [0.15, 0.2) is 54.6 Å². The fraction of sp³-hybridized carbons (Fsp3) is 0.278. The van der Waals surface area contributed by atoms with E-state index in [1.165, 1.54) is 12.1 Å². The lowest BCUT2D eigenvalue weighted by Crippen LogP contribution is -2.25. The van der Waals surface area contributed by atoms with Gasteiger partial charge in [0.15, 0.2) is 0 Å². The molecule has 3 nitrogen and oxygen atoms in total. The molecule has 0 spiro atoms. The summed E-state index contributed by atoms with van der Waals surface area (Å²) in [7, 11) is 0. The number of carbonyl (C=O) groups excluding carboxylic acids is 1. The van der Waals surface area contributed by atoms with Crippen LogP contribution in [0.4, 0.5) is 4.39 Å². The zero-order valence-corrected chi connectivity index (χ0v) is 12.3.